The molecule has 1 aromatic heterocycles. The first-order valence-corrected chi connectivity index (χ1v) is 7.06. The monoisotopic (exact) mass is 237 g/mol. The fourth-order valence-electron chi connectivity index (χ4n) is 4.16. The van der Waals surface area contributed by atoms with Gasteiger partial charge in [0.1, 0.15) is 0 Å². The number of allylic oxidation sites excluding steroid dienone is 2. The SMILES string of the molecule is Cn1c2c(c3ccccc31)CCC21C=CCCC1. The first kappa shape index (κ1) is 10.4. The predicted molar refractivity (Wildman–Crippen MR) is 75.9 cm³/mol. The average molecular weight is 237 g/mol. The van der Waals surface area contributed by atoms with Crippen LogP contribution in [-0.2, 0) is 18.9 Å². The second-order valence-electron chi connectivity index (χ2n) is 5.85. The molecule has 0 fully saturated rings. The van der Waals surface area contributed by atoms with E-state index in [1.54, 1.807) is 11.3 Å². The standard InChI is InChI=1S/C17H19N/c1-18-15-8-4-3-7-13(15)14-9-12-17(16(14)18)10-5-2-6-11-17/h3-5,7-8,10H,2,6,9,11-12H2,1H3. The number of aromatic nitrogens is 1. The minimum Gasteiger partial charge on any atom is -0.347 e. The number of rotatable bonds is 0. The van der Waals surface area contributed by atoms with Gasteiger partial charge in [-0.2, -0.15) is 0 Å². The molecule has 0 aliphatic heterocycles. The molecule has 1 spiro atoms. The van der Waals surface area contributed by atoms with Crippen LogP contribution in [0.15, 0.2) is 36.4 Å². The van der Waals surface area contributed by atoms with Crippen LogP contribution in [0.25, 0.3) is 10.9 Å². The number of hydrogen-bond donors (Lipinski definition) is 0. The van der Waals surface area contributed by atoms with Crippen molar-refractivity contribution < 1.29 is 0 Å². The minimum atomic E-state index is 0.349. The van der Waals surface area contributed by atoms with Crippen LogP contribution >= 0.6 is 0 Å². The van der Waals surface area contributed by atoms with Gasteiger partial charge < -0.3 is 4.57 Å². The zero-order valence-electron chi connectivity index (χ0n) is 10.9. The summed E-state index contributed by atoms with van der Waals surface area (Å²) in [6.07, 6.45) is 11.4. The smallest absolute Gasteiger partial charge is 0.0483 e. The summed E-state index contributed by atoms with van der Waals surface area (Å²) in [6.45, 7) is 0. The van der Waals surface area contributed by atoms with E-state index in [4.69, 9.17) is 0 Å². The van der Waals surface area contributed by atoms with E-state index in [1.807, 2.05) is 0 Å². The highest BCUT2D eigenvalue weighted by molar-refractivity contribution is 5.87. The van der Waals surface area contributed by atoms with Crippen LogP contribution in [0.5, 0.6) is 0 Å². The summed E-state index contributed by atoms with van der Waals surface area (Å²) in [7, 11) is 2.25. The number of aryl methyl sites for hydroxylation is 2. The molecule has 1 aromatic carbocycles. The van der Waals surface area contributed by atoms with Gasteiger partial charge in [-0.3, -0.25) is 0 Å². The molecule has 2 aliphatic carbocycles. The fourth-order valence-corrected chi connectivity index (χ4v) is 4.16. The summed E-state index contributed by atoms with van der Waals surface area (Å²) in [5.74, 6) is 0. The number of para-hydroxylation sites is 1. The summed E-state index contributed by atoms with van der Waals surface area (Å²) >= 11 is 0. The molecule has 0 N–H and O–H groups in total. The van der Waals surface area contributed by atoms with Gasteiger partial charge in [-0.05, 0) is 43.7 Å². The largest absolute Gasteiger partial charge is 0.347 e. The third kappa shape index (κ3) is 1.17. The minimum absolute atomic E-state index is 0.349. The highest BCUT2D eigenvalue weighted by Crippen LogP contribution is 2.48. The maximum Gasteiger partial charge on any atom is 0.0483 e. The van der Waals surface area contributed by atoms with Crippen molar-refractivity contribution in [3.63, 3.8) is 0 Å². The van der Waals surface area contributed by atoms with Crippen LogP contribution in [0.1, 0.15) is 36.9 Å². The summed E-state index contributed by atoms with van der Waals surface area (Å²) < 4.78 is 2.45. The Hall–Kier alpha value is -1.50. The van der Waals surface area contributed by atoms with Crippen LogP contribution in [0.2, 0.25) is 0 Å². The first-order valence-electron chi connectivity index (χ1n) is 7.06. The molecule has 18 heavy (non-hydrogen) atoms. The Bertz CT molecular complexity index is 647. The molecule has 2 aliphatic rings. The molecule has 0 saturated carbocycles. The zero-order valence-corrected chi connectivity index (χ0v) is 10.9. The van der Waals surface area contributed by atoms with E-state index in [9.17, 15) is 0 Å². The lowest BCUT2D eigenvalue weighted by Crippen LogP contribution is -2.25. The lowest BCUT2D eigenvalue weighted by molar-refractivity contribution is 0.433. The third-order valence-electron chi connectivity index (χ3n) is 4.94. The van der Waals surface area contributed by atoms with Crippen molar-refractivity contribution in [2.24, 2.45) is 7.05 Å². The van der Waals surface area contributed by atoms with Crippen molar-refractivity contribution in [2.45, 2.75) is 37.5 Å². The van der Waals surface area contributed by atoms with Gasteiger partial charge in [0.25, 0.3) is 0 Å². The molecule has 1 atom stereocenters. The van der Waals surface area contributed by atoms with Crippen LogP contribution < -0.4 is 0 Å². The molecule has 1 nitrogen and oxygen atoms in total. The Morgan fingerprint density at radius 1 is 1.17 bits per heavy atom. The topological polar surface area (TPSA) is 4.93 Å². The van der Waals surface area contributed by atoms with Gasteiger partial charge in [-0.1, -0.05) is 30.4 Å². The molecule has 1 heteroatoms. The second-order valence-corrected chi connectivity index (χ2v) is 5.85. The molecule has 0 radical (unpaired) electrons. The van der Waals surface area contributed by atoms with Gasteiger partial charge >= 0.3 is 0 Å². The van der Waals surface area contributed by atoms with Crippen molar-refractivity contribution in [1.82, 2.24) is 4.57 Å². The summed E-state index contributed by atoms with van der Waals surface area (Å²) in [6, 6.07) is 8.87. The van der Waals surface area contributed by atoms with Crippen LogP contribution in [0, 0.1) is 0 Å². The van der Waals surface area contributed by atoms with E-state index in [0.29, 0.717) is 5.41 Å². The molecule has 0 bridgehead atoms. The first-order chi connectivity index (χ1) is 8.82. The van der Waals surface area contributed by atoms with Crippen molar-refractivity contribution in [3.8, 4) is 0 Å². The van der Waals surface area contributed by atoms with E-state index < -0.39 is 0 Å². The third-order valence-corrected chi connectivity index (χ3v) is 4.94. The van der Waals surface area contributed by atoms with Crippen molar-refractivity contribution in [3.05, 3.63) is 47.7 Å². The van der Waals surface area contributed by atoms with Gasteiger partial charge in [-0.15, -0.1) is 0 Å². The quantitative estimate of drug-likeness (QED) is 0.608. The van der Waals surface area contributed by atoms with E-state index in [-0.39, 0.29) is 0 Å². The Balaban J connectivity index is 2.04. The van der Waals surface area contributed by atoms with Gasteiger partial charge in [0, 0.05) is 29.1 Å². The molecule has 1 heterocycles. The molecular weight excluding hydrogens is 218 g/mol. The Labute approximate surface area is 108 Å². The van der Waals surface area contributed by atoms with Crippen LogP contribution in [0.3, 0.4) is 0 Å². The van der Waals surface area contributed by atoms with Crippen LogP contribution in [0.4, 0.5) is 0 Å². The van der Waals surface area contributed by atoms with Crippen molar-refractivity contribution in [1.29, 1.82) is 0 Å². The fraction of sp³-hybridized carbons (Fsp3) is 0.412. The normalized spacial score (nSPS) is 26.1. The molecule has 1 unspecified atom stereocenters. The maximum absolute atomic E-state index is 2.50. The Morgan fingerprint density at radius 3 is 2.89 bits per heavy atom. The second kappa shape index (κ2) is 3.50. The zero-order chi connectivity index (χ0) is 12.2. The van der Waals surface area contributed by atoms with E-state index in [2.05, 4.69) is 48.0 Å². The lowest BCUT2D eigenvalue weighted by Gasteiger charge is -2.30. The van der Waals surface area contributed by atoms with E-state index >= 15 is 0 Å². The highest BCUT2D eigenvalue weighted by atomic mass is 15.0. The number of nitrogens with zero attached hydrogens (tertiary/aromatic N) is 1. The molecule has 4 rings (SSSR count). The molecular formula is C17H19N. The van der Waals surface area contributed by atoms with Crippen molar-refractivity contribution >= 4 is 10.9 Å². The van der Waals surface area contributed by atoms with E-state index in [0.717, 1.165) is 0 Å². The number of hydrogen-bond acceptors (Lipinski definition) is 0. The summed E-state index contributed by atoms with van der Waals surface area (Å²) in [5.41, 5.74) is 4.96. The Kier molecular flexibility index (Phi) is 2.03. The van der Waals surface area contributed by atoms with Gasteiger partial charge in [0.2, 0.25) is 0 Å². The van der Waals surface area contributed by atoms with Crippen molar-refractivity contribution in [2.75, 3.05) is 0 Å². The Morgan fingerprint density at radius 2 is 2.06 bits per heavy atom. The molecule has 0 saturated heterocycles. The average Bonchev–Trinajstić information content (AvgIpc) is 2.91. The lowest BCUT2D eigenvalue weighted by atomic mass is 9.77. The van der Waals surface area contributed by atoms with Gasteiger partial charge in [-0.25, -0.2) is 0 Å². The van der Waals surface area contributed by atoms with Gasteiger partial charge in [0.15, 0.2) is 0 Å². The van der Waals surface area contributed by atoms with E-state index in [1.165, 1.54) is 43.0 Å². The maximum atomic E-state index is 2.50. The summed E-state index contributed by atoms with van der Waals surface area (Å²) in [4.78, 5) is 0. The highest BCUT2D eigenvalue weighted by Gasteiger charge is 2.40. The number of fused-ring (bicyclic) bond motifs is 4. The molecule has 92 valence electrons. The molecule has 0 amide bonds. The molecule has 2 aromatic rings. The number of benzene rings is 1. The van der Waals surface area contributed by atoms with Crippen LogP contribution in [-0.4, -0.2) is 4.57 Å². The summed E-state index contributed by atoms with van der Waals surface area (Å²) in [5, 5.41) is 1.48. The predicted octanol–water partition coefficient (Wildman–Crippen LogP) is 4.10. The van der Waals surface area contributed by atoms with Gasteiger partial charge in [0.05, 0.1) is 0 Å².